The second-order valence-corrected chi connectivity index (χ2v) is 5.03. The van der Waals surface area contributed by atoms with Crippen LogP contribution in [0, 0.1) is 0 Å². The summed E-state index contributed by atoms with van der Waals surface area (Å²) in [5, 5.41) is 4.18. The number of aromatic nitrogens is 2. The Hall–Kier alpha value is -0.680. The smallest absolute Gasteiger partial charge is 0.198 e. The SMILES string of the molecule is CCCCC(N)C(=O)c1c(Br)cnn1CCC. The molecule has 0 aromatic carbocycles. The number of ketones is 1. The van der Waals surface area contributed by atoms with Gasteiger partial charge in [-0.05, 0) is 28.8 Å². The highest BCUT2D eigenvalue weighted by molar-refractivity contribution is 9.10. The first-order valence-electron chi connectivity index (χ1n) is 6.12. The van der Waals surface area contributed by atoms with Crippen LogP contribution in [-0.2, 0) is 6.54 Å². The zero-order chi connectivity index (χ0) is 12.8. The summed E-state index contributed by atoms with van der Waals surface area (Å²) in [6.07, 6.45) is 5.37. The minimum absolute atomic E-state index is 0.0173. The molecule has 1 aromatic heterocycles. The van der Waals surface area contributed by atoms with Crippen molar-refractivity contribution < 1.29 is 4.79 Å². The number of halogens is 1. The molecule has 17 heavy (non-hydrogen) atoms. The van der Waals surface area contributed by atoms with Crippen molar-refractivity contribution in [3.63, 3.8) is 0 Å². The first kappa shape index (κ1) is 14.4. The Balaban J connectivity index is 2.83. The summed E-state index contributed by atoms with van der Waals surface area (Å²) >= 11 is 3.36. The minimum atomic E-state index is -0.418. The lowest BCUT2D eigenvalue weighted by Crippen LogP contribution is -2.32. The van der Waals surface area contributed by atoms with Gasteiger partial charge in [-0.2, -0.15) is 5.10 Å². The lowest BCUT2D eigenvalue weighted by Gasteiger charge is -2.12. The molecule has 96 valence electrons. The van der Waals surface area contributed by atoms with Crippen molar-refractivity contribution in [2.75, 3.05) is 0 Å². The van der Waals surface area contributed by atoms with E-state index in [2.05, 4.69) is 34.9 Å². The quantitative estimate of drug-likeness (QED) is 0.788. The van der Waals surface area contributed by atoms with Gasteiger partial charge >= 0.3 is 0 Å². The van der Waals surface area contributed by atoms with Crippen LogP contribution >= 0.6 is 15.9 Å². The van der Waals surface area contributed by atoms with Crippen LogP contribution in [-0.4, -0.2) is 21.6 Å². The zero-order valence-corrected chi connectivity index (χ0v) is 12.0. The van der Waals surface area contributed by atoms with E-state index >= 15 is 0 Å². The molecule has 0 saturated carbocycles. The van der Waals surface area contributed by atoms with E-state index in [0.29, 0.717) is 5.69 Å². The highest BCUT2D eigenvalue weighted by Crippen LogP contribution is 2.19. The van der Waals surface area contributed by atoms with E-state index in [0.717, 1.165) is 36.7 Å². The molecule has 0 fully saturated rings. The fraction of sp³-hybridized carbons (Fsp3) is 0.667. The summed E-state index contributed by atoms with van der Waals surface area (Å²) in [7, 11) is 0. The van der Waals surface area contributed by atoms with Gasteiger partial charge in [0.15, 0.2) is 5.78 Å². The third kappa shape index (κ3) is 3.64. The molecular weight excluding hydrogens is 282 g/mol. The van der Waals surface area contributed by atoms with Gasteiger partial charge in [-0.25, -0.2) is 0 Å². The first-order chi connectivity index (χ1) is 8.11. The number of carbonyl (C=O) groups excluding carboxylic acids is 1. The summed E-state index contributed by atoms with van der Waals surface area (Å²) in [6.45, 7) is 4.89. The Morgan fingerprint density at radius 3 is 2.82 bits per heavy atom. The third-order valence-corrected chi connectivity index (χ3v) is 3.25. The lowest BCUT2D eigenvalue weighted by molar-refractivity contribution is 0.0944. The normalized spacial score (nSPS) is 12.7. The zero-order valence-electron chi connectivity index (χ0n) is 10.4. The van der Waals surface area contributed by atoms with Gasteiger partial charge in [0, 0.05) is 6.54 Å². The van der Waals surface area contributed by atoms with Gasteiger partial charge in [-0.15, -0.1) is 0 Å². The summed E-state index contributed by atoms with van der Waals surface area (Å²) in [4.78, 5) is 12.2. The minimum Gasteiger partial charge on any atom is -0.321 e. The van der Waals surface area contributed by atoms with Crippen molar-refractivity contribution in [1.82, 2.24) is 9.78 Å². The molecule has 0 amide bonds. The van der Waals surface area contributed by atoms with Gasteiger partial charge in [0.2, 0.25) is 0 Å². The van der Waals surface area contributed by atoms with Gasteiger partial charge in [0.25, 0.3) is 0 Å². The number of hydrogen-bond acceptors (Lipinski definition) is 3. The Kier molecular flexibility index (Phi) is 5.85. The van der Waals surface area contributed by atoms with Crippen LogP contribution in [0.3, 0.4) is 0 Å². The molecule has 0 radical (unpaired) electrons. The summed E-state index contributed by atoms with van der Waals surface area (Å²) in [5.74, 6) is -0.0173. The van der Waals surface area contributed by atoms with Crippen molar-refractivity contribution in [2.45, 2.75) is 52.1 Å². The summed E-state index contributed by atoms with van der Waals surface area (Å²) in [6, 6.07) is -0.418. The van der Waals surface area contributed by atoms with Crippen LogP contribution in [0.15, 0.2) is 10.7 Å². The fourth-order valence-corrected chi connectivity index (χ4v) is 2.21. The van der Waals surface area contributed by atoms with E-state index < -0.39 is 6.04 Å². The Bertz CT molecular complexity index is 376. The topological polar surface area (TPSA) is 60.9 Å². The Labute approximate surface area is 111 Å². The Morgan fingerprint density at radius 1 is 1.53 bits per heavy atom. The molecule has 0 saturated heterocycles. The van der Waals surface area contributed by atoms with Gasteiger partial charge in [-0.1, -0.05) is 26.7 Å². The average Bonchev–Trinajstić information content (AvgIpc) is 2.67. The molecule has 1 heterocycles. The van der Waals surface area contributed by atoms with Crippen molar-refractivity contribution in [2.24, 2.45) is 5.73 Å². The molecule has 1 atom stereocenters. The first-order valence-corrected chi connectivity index (χ1v) is 6.92. The van der Waals surface area contributed by atoms with E-state index in [1.165, 1.54) is 0 Å². The van der Waals surface area contributed by atoms with Crippen molar-refractivity contribution in [3.8, 4) is 0 Å². The van der Waals surface area contributed by atoms with Gasteiger partial charge in [0.05, 0.1) is 16.7 Å². The van der Waals surface area contributed by atoms with Crippen LogP contribution in [0.1, 0.15) is 50.0 Å². The molecule has 5 heteroatoms. The largest absolute Gasteiger partial charge is 0.321 e. The van der Waals surface area contributed by atoms with E-state index in [9.17, 15) is 4.79 Å². The third-order valence-electron chi connectivity index (χ3n) is 2.67. The second-order valence-electron chi connectivity index (χ2n) is 4.18. The number of unbranched alkanes of at least 4 members (excludes halogenated alkanes) is 1. The monoisotopic (exact) mass is 301 g/mol. The molecule has 4 nitrogen and oxygen atoms in total. The predicted molar refractivity (Wildman–Crippen MR) is 72.0 cm³/mol. The van der Waals surface area contributed by atoms with Crippen molar-refractivity contribution in [3.05, 3.63) is 16.4 Å². The molecule has 2 N–H and O–H groups in total. The van der Waals surface area contributed by atoms with Crippen LogP contribution in [0.25, 0.3) is 0 Å². The summed E-state index contributed by atoms with van der Waals surface area (Å²) in [5.41, 5.74) is 6.52. The van der Waals surface area contributed by atoms with Crippen molar-refractivity contribution >= 4 is 21.7 Å². The molecule has 1 unspecified atom stereocenters. The standard InChI is InChI=1S/C12H20BrN3O/c1-3-5-6-10(14)12(17)11-9(13)8-15-16(11)7-4-2/h8,10H,3-7,14H2,1-2H3. The van der Waals surface area contributed by atoms with Crippen LogP contribution in [0.5, 0.6) is 0 Å². The van der Waals surface area contributed by atoms with Crippen LogP contribution in [0.4, 0.5) is 0 Å². The molecule has 1 rings (SSSR count). The molecular formula is C12H20BrN3O. The van der Waals surface area contributed by atoms with E-state index in [1.807, 2.05) is 0 Å². The summed E-state index contributed by atoms with van der Waals surface area (Å²) < 4.78 is 2.47. The number of rotatable bonds is 7. The van der Waals surface area contributed by atoms with Crippen LogP contribution < -0.4 is 5.73 Å². The highest BCUT2D eigenvalue weighted by Gasteiger charge is 2.22. The number of hydrogen-bond donors (Lipinski definition) is 1. The van der Waals surface area contributed by atoms with Gasteiger partial charge in [-0.3, -0.25) is 9.48 Å². The molecule has 0 aliphatic rings. The molecule has 0 aliphatic heterocycles. The number of Topliss-reactive ketones (excluding diaryl/α,β-unsaturated/α-hetero) is 1. The number of aryl methyl sites for hydroxylation is 1. The average molecular weight is 302 g/mol. The molecule has 0 spiro atoms. The van der Waals surface area contributed by atoms with Gasteiger partial charge in [0.1, 0.15) is 5.69 Å². The van der Waals surface area contributed by atoms with E-state index in [1.54, 1.807) is 10.9 Å². The molecule has 0 bridgehead atoms. The highest BCUT2D eigenvalue weighted by atomic mass is 79.9. The molecule has 0 aliphatic carbocycles. The number of nitrogens with zero attached hydrogens (tertiary/aromatic N) is 2. The van der Waals surface area contributed by atoms with E-state index in [4.69, 9.17) is 5.73 Å². The number of carbonyl (C=O) groups is 1. The Morgan fingerprint density at radius 2 is 2.24 bits per heavy atom. The maximum Gasteiger partial charge on any atom is 0.198 e. The maximum absolute atomic E-state index is 12.2. The van der Waals surface area contributed by atoms with Gasteiger partial charge < -0.3 is 5.73 Å². The fourth-order valence-electron chi connectivity index (χ4n) is 1.72. The molecule has 1 aromatic rings. The van der Waals surface area contributed by atoms with Crippen LogP contribution in [0.2, 0.25) is 0 Å². The van der Waals surface area contributed by atoms with E-state index in [-0.39, 0.29) is 5.78 Å². The lowest BCUT2D eigenvalue weighted by atomic mass is 10.0. The maximum atomic E-state index is 12.2. The van der Waals surface area contributed by atoms with Crippen molar-refractivity contribution in [1.29, 1.82) is 0 Å². The number of nitrogens with two attached hydrogens (primary N) is 1. The second kappa shape index (κ2) is 6.91. The predicted octanol–water partition coefficient (Wildman–Crippen LogP) is 2.76.